The molecule has 6 heteroatoms. The Labute approximate surface area is 140 Å². The number of halogens is 2. The lowest BCUT2D eigenvalue weighted by Gasteiger charge is -2.32. The molecule has 3 aliphatic rings. The number of likely N-dealkylation sites (tertiary alicyclic amines) is 1. The number of urea groups is 1. The van der Waals surface area contributed by atoms with E-state index in [9.17, 15) is 13.6 Å². The third-order valence-corrected chi connectivity index (χ3v) is 5.41. The lowest BCUT2D eigenvalue weighted by molar-refractivity contribution is 0.186. The predicted molar refractivity (Wildman–Crippen MR) is 86.8 cm³/mol. The summed E-state index contributed by atoms with van der Waals surface area (Å²) in [5, 5.41) is 5.86. The first-order valence-corrected chi connectivity index (χ1v) is 8.87. The van der Waals surface area contributed by atoms with Crippen molar-refractivity contribution in [3.05, 3.63) is 35.4 Å². The number of carbonyl (C=O) groups is 1. The number of nitrogens with zero attached hydrogens (tertiary/aromatic N) is 1. The number of piperidine rings is 1. The molecule has 0 spiro atoms. The molecular weight excluding hydrogens is 312 g/mol. The minimum Gasteiger partial charge on any atom is -0.335 e. The van der Waals surface area contributed by atoms with E-state index >= 15 is 0 Å². The SMILES string of the molecule is O=C(NC1CCN(C2CC2)CC1)N[C@@H]1C[C@@H]1c1c(F)cccc1F. The second kappa shape index (κ2) is 6.31. The molecule has 1 aromatic rings. The van der Waals surface area contributed by atoms with Crippen LogP contribution in [0.5, 0.6) is 0 Å². The number of amides is 2. The van der Waals surface area contributed by atoms with Crippen molar-refractivity contribution in [2.45, 2.75) is 56.1 Å². The van der Waals surface area contributed by atoms with Crippen LogP contribution in [0.1, 0.15) is 43.6 Å². The van der Waals surface area contributed by atoms with E-state index in [-0.39, 0.29) is 29.6 Å². The Hall–Kier alpha value is -1.69. The van der Waals surface area contributed by atoms with E-state index in [0.717, 1.165) is 32.0 Å². The van der Waals surface area contributed by atoms with Gasteiger partial charge in [-0.2, -0.15) is 0 Å². The second-order valence-corrected chi connectivity index (χ2v) is 7.24. The minimum absolute atomic E-state index is 0.0977. The zero-order valence-corrected chi connectivity index (χ0v) is 13.6. The van der Waals surface area contributed by atoms with Gasteiger partial charge in [0.25, 0.3) is 0 Å². The van der Waals surface area contributed by atoms with E-state index < -0.39 is 11.6 Å². The summed E-state index contributed by atoms with van der Waals surface area (Å²) in [6.07, 6.45) is 5.16. The summed E-state index contributed by atoms with van der Waals surface area (Å²) >= 11 is 0. The van der Waals surface area contributed by atoms with Gasteiger partial charge in [0.1, 0.15) is 11.6 Å². The number of hydrogen-bond acceptors (Lipinski definition) is 2. The normalized spacial score (nSPS) is 27.8. The highest BCUT2D eigenvalue weighted by Crippen LogP contribution is 2.43. The average molecular weight is 335 g/mol. The molecular formula is C18H23F2N3O. The van der Waals surface area contributed by atoms with Crippen LogP contribution >= 0.6 is 0 Å². The molecule has 1 aromatic carbocycles. The Balaban J connectivity index is 1.24. The topological polar surface area (TPSA) is 44.4 Å². The fourth-order valence-corrected chi connectivity index (χ4v) is 3.78. The molecule has 2 atom stereocenters. The highest BCUT2D eigenvalue weighted by molar-refractivity contribution is 5.75. The van der Waals surface area contributed by atoms with Gasteiger partial charge >= 0.3 is 6.03 Å². The van der Waals surface area contributed by atoms with Crippen molar-refractivity contribution in [3.8, 4) is 0 Å². The molecule has 0 aromatic heterocycles. The molecule has 0 radical (unpaired) electrons. The zero-order chi connectivity index (χ0) is 16.7. The van der Waals surface area contributed by atoms with Gasteiger partial charge in [0, 0.05) is 42.7 Å². The molecule has 0 bridgehead atoms. The molecule has 2 saturated carbocycles. The highest BCUT2D eigenvalue weighted by Gasteiger charge is 2.43. The second-order valence-electron chi connectivity index (χ2n) is 7.24. The standard InChI is InChI=1S/C18H23F2N3O/c19-14-2-1-3-15(20)17(14)13-10-16(13)22-18(24)21-11-6-8-23(9-7-11)12-4-5-12/h1-3,11-13,16H,4-10H2,(H2,21,22,24)/t13-,16+/m0/s1. The van der Waals surface area contributed by atoms with Crippen molar-refractivity contribution < 1.29 is 13.6 Å². The molecule has 4 rings (SSSR count). The third-order valence-electron chi connectivity index (χ3n) is 5.41. The summed E-state index contributed by atoms with van der Waals surface area (Å²) in [4.78, 5) is 14.6. The average Bonchev–Trinajstić information content (AvgIpc) is 3.44. The summed E-state index contributed by atoms with van der Waals surface area (Å²) in [5.41, 5.74) is 0.0977. The van der Waals surface area contributed by atoms with Crippen LogP contribution in [0.25, 0.3) is 0 Å². The van der Waals surface area contributed by atoms with Crippen molar-refractivity contribution in [2.75, 3.05) is 13.1 Å². The molecule has 2 amide bonds. The van der Waals surface area contributed by atoms with Crippen LogP contribution in [0.3, 0.4) is 0 Å². The van der Waals surface area contributed by atoms with Gasteiger partial charge in [0.15, 0.2) is 0 Å². The Kier molecular flexibility index (Phi) is 4.16. The van der Waals surface area contributed by atoms with Crippen LogP contribution in [0, 0.1) is 11.6 Å². The molecule has 4 nitrogen and oxygen atoms in total. The maximum atomic E-state index is 13.8. The Morgan fingerprint density at radius 1 is 1.04 bits per heavy atom. The van der Waals surface area contributed by atoms with E-state index in [0.29, 0.717) is 6.42 Å². The largest absolute Gasteiger partial charge is 0.335 e. The Morgan fingerprint density at radius 2 is 1.71 bits per heavy atom. The molecule has 1 heterocycles. The quantitative estimate of drug-likeness (QED) is 0.889. The maximum Gasteiger partial charge on any atom is 0.315 e. The van der Waals surface area contributed by atoms with E-state index in [1.165, 1.54) is 31.0 Å². The van der Waals surface area contributed by atoms with E-state index in [1.54, 1.807) is 0 Å². The fourth-order valence-electron chi connectivity index (χ4n) is 3.78. The summed E-state index contributed by atoms with van der Waals surface area (Å²) in [7, 11) is 0. The number of hydrogen-bond donors (Lipinski definition) is 2. The van der Waals surface area contributed by atoms with Gasteiger partial charge in [0.05, 0.1) is 0 Å². The number of benzene rings is 1. The van der Waals surface area contributed by atoms with Crippen molar-refractivity contribution in [1.82, 2.24) is 15.5 Å². The predicted octanol–water partition coefficient (Wildman–Crippen LogP) is 2.75. The van der Waals surface area contributed by atoms with Gasteiger partial charge in [0.2, 0.25) is 0 Å². The number of nitrogens with one attached hydrogen (secondary N) is 2. The Morgan fingerprint density at radius 3 is 2.33 bits per heavy atom. The van der Waals surface area contributed by atoms with Crippen LogP contribution in [0.15, 0.2) is 18.2 Å². The van der Waals surface area contributed by atoms with Crippen molar-refractivity contribution in [1.29, 1.82) is 0 Å². The van der Waals surface area contributed by atoms with Gasteiger partial charge < -0.3 is 15.5 Å². The van der Waals surface area contributed by atoms with E-state index in [4.69, 9.17) is 0 Å². The first-order valence-electron chi connectivity index (χ1n) is 8.87. The monoisotopic (exact) mass is 335 g/mol. The zero-order valence-electron chi connectivity index (χ0n) is 13.6. The summed E-state index contributed by atoms with van der Waals surface area (Å²) in [5.74, 6) is -1.32. The van der Waals surface area contributed by atoms with Gasteiger partial charge in [-0.3, -0.25) is 0 Å². The lowest BCUT2D eigenvalue weighted by Crippen LogP contribution is -2.48. The highest BCUT2D eigenvalue weighted by atomic mass is 19.1. The first kappa shape index (κ1) is 15.8. The third kappa shape index (κ3) is 3.38. The number of rotatable bonds is 4. The molecule has 1 saturated heterocycles. The van der Waals surface area contributed by atoms with Gasteiger partial charge in [-0.15, -0.1) is 0 Å². The lowest BCUT2D eigenvalue weighted by atomic mass is 10.1. The van der Waals surface area contributed by atoms with Crippen LogP contribution in [-0.2, 0) is 0 Å². The molecule has 2 aliphatic carbocycles. The summed E-state index contributed by atoms with van der Waals surface area (Å²) in [6, 6.07) is 4.47. The van der Waals surface area contributed by atoms with Crippen molar-refractivity contribution >= 4 is 6.03 Å². The smallest absolute Gasteiger partial charge is 0.315 e. The maximum absolute atomic E-state index is 13.8. The van der Waals surface area contributed by atoms with Gasteiger partial charge in [-0.25, -0.2) is 13.6 Å². The molecule has 24 heavy (non-hydrogen) atoms. The first-order chi connectivity index (χ1) is 11.6. The minimum atomic E-state index is -0.530. The van der Waals surface area contributed by atoms with Crippen molar-refractivity contribution in [3.63, 3.8) is 0 Å². The van der Waals surface area contributed by atoms with Crippen LogP contribution in [0.4, 0.5) is 13.6 Å². The van der Waals surface area contributed by atoms with E-state index in [1.807, 2.05) is 0 Å². The van der Waals surface area contributed by atoms with Crippen LogP contribution in [-0.4, -0.2) is 42.1 Å². The molecule has 130 valence electrons. The molecule has 1 aliphatic heterocycles. The van der Waals surface area contributed by atoms with Gasteiger partial charge in [-0.05, 0) is 44.2 Å². The van der Waals surface area contributed by atoms with E-state index in [2.05, 4.69) is 15.5 Å². The number of carbonyl (C=O) groups excluding carboxylic acids is 1. The van der Waals surface area contributed by atoms with Gasteiger partial charge in [-0.1, -0.05) is 6.07 Å². The van der Waals surface area contributed by atoms with Crippen LogP contribution in [0.2, 0.25) is 0 Å². The molecule has 3 fully saturated rings. The molecule has 0 unspecified atom stereocenters. The fraction of sp³-hybridized carbons (Fsp3) is 0.611. The Bertz CT molecular complexity index is 606. The summed E-state index contributed by atoms with van der Waals surface area (Å²) < 4.78 is 27.5. The van der Waals surface area contributed by atoms with Crippen molar-refractivity contribution in [2.24, 2.45) is 0 Å². The summed E-state index contributed by atoms with van der Waals surface area (Å²) in [6.45, 7) is 2.09. The molecule has 2 N–H and O–H groups in total. The van der Waals surface area contributed by atoms with Crippen LogP contribution < -0.4 is 10.6 Å².